The van der Waals surface area contributed by atoms with Crippen molar-refractivity contribution in [1.82, 2.24) is 5.16 Å². The van der Waals surface area contributed by atoms with Gasteiger partial charge in [-0.3, -0.25) is 0 Å². The minimum Gasteiger partial charge on any atom is -0.363 e. The molecular weight excluding hydrogens is 219 g/mol. The molecule has 0 fully saturated rings. The van der Waals surface area contributed by atoms with E-state index in [1.165, 1.54) is 6.26 Å². The first-order valence-corrected chi connectivity index (χ1v) is 3.36. The smallest absolute Gasteiger partial charge is 0.138 e. The molecule has 0 bridgehead atoms. The zero-order valence-corrected chi connectivity index (χ0v) is 7.78. The Hall–Kier alpha value is -0.0600. The van der Waals surface area contributed by atoms with Crippen LogP contribution in [0.3, 0.4) is 0 Å². The lowest BCUT2D eigenvalue weighted by Gasteiger charge is -1.96. The first-order valence-electron chi connectivity index (χ1n) is 2.57. The standard InChI is InChI=1S/C5H7BrN2O.ClH/c1-3(7)5-4(6)2-9-8-5;/h2-3H,7H2,1H3;1H. The Morgan fingerprint density at radius 2 is 2.40 bits per heavy atom. The molecule has 0 radical (unpaired) electrons. The second-order valence-electron chi connectivity index (χ2n) is 1.84. The van der Waals surface area contributed by atoms with E-state index in [0.29, 0.717) is 0 Å². The molecule has 0 amide bonds. The molecule has 0 aromatic carbocycles. The van der Waals surface area contributed by atoms with Crippen molar-refractivity contribution < 1.29 is 4.52 Å². The zero-order chi connectivity index (χ0) is 6.85. The fraction of sp³-hybridized carbons (Fsp3) is 0.400. The SMILES string of the molecule is CC(N)c1nocc1Br.Cl. The number of nitrogens with zero attached hydrogens (tertiary/aromatic N) is 1. The minimum atomic E-state index is -0.0712. The molecule has 0 aliphatic rings. The van der Waals surface area contributed by atoms with Crippen molar-refractivity contribution in [2.45, 2.75) is 13.0 Å². The molecule has 0 saturated carbocycles. The van der Waals surface area contributed by atoms with E-state index in [0.717, 1.165) is 10.2 Å². The monoisotopic (exact) mass is 226 g/mol. The molecule has 1 aromatic rings. The summed E-state index contributed by atoms with van der Waals surface area (Å²) in [7, 11) is 0. The van der Waals surface area contributed by atoms with Gasteiger partial charge in [0, 0.05) is 6.04 Å². The van der Waals surface area contributed by atoms with Crippen molar-refractivity contribution in [3.05, 3.63) is 16.4 Å². The molecule has 0 saturated heterocycles. The predicted molar refractivity (Wildman–Crippen MR) is 44.1 cm³/mol. The Bertz CT molecular complexity index is 201. The van der Waals surface area contributed by atoms with Crippen molar-refractivity contribution in [3.63, 3.8) is 0 Å². The van der Waals surface area contributed by atoms with Gasteiger partial charge in [0.05, 0.1) is 4.47 Å². The van der Waals surface area contributed by atoms with Gasteiger partial charge < -0.3 is 10.3 Å². The minimum absolute atomic E-state index is 0. The normalized spacial score (nSPS) is 12.3. The van der Waals surface area contributed by atoms with Gasteiger partial charge in [-0.15, -0.1) is 12.4 Å². The van der Waals surface area contributed by atoms with Crippen LogP contribution in [0.2, 0.25) is 0 Å². The molecule has 0 spiro atoms. The maximum absolute atomic E-state index is 5.51. The lowest BCUT2D eigenvalue weighted by atomic mass is 10.3. The summed E-state index contributed by atoms with van der Waals surface area (Å²) in [5.74, 6) is 0. The molecule has 1 atom stereocenters. The Morgan fingerprint density at radius 1 is 1.80 bits per heavy atom. The van der Waals surface area contributed by atoms with Crippen LogP contribution >= 0.6 is 28.3 Å². The van der Waals surface area contributed by atoms with Gasteiger partial charge in [-0.2, -0.15) is 0 Å². The highest BCUT2D eigenvalue weighted by molar-refractivity contribution is 9.10. The molecule has 0 aliphatic heterocycles. The number of hydrogen-bond acceptors (Lipinski definition) is 3. The molecule has 10 heavy (non-hydrogen) atoms. The average Bonchev–Trinajstić information content (AvgIpc) is 2.13. The van der Waals surface area contributed by atoms with E-state index in [2.05, 4.69) is 25.6 Å². The topological polar surface area (TPSA) is 52.0 Å². The van der Waals surface area contributed by atoms with Gasteiger partial charge in [-0.05, 0) is 22.9 Å². The summed E-state index contributed by atoms with van der Waals surface area (Å²) in [5.41, 5.74) is 6.27. The summed E-state index contributed by atoms with van der Waals surface area (Å²) < 4.78 is 5.46. The van der Waals surface area contributed by atoms with E-state index in [-0.39, 0.29) is 18.4 Å². The summed E-state index contributed by atoms with van der Waals surface area (Å²) in [6.07, 6.45) is 1.51. The molecule has 1 heterocycles. The number of aromatic nitrogens is 1. The van der Waals surface area contributed by atoms with E-state index in [1.54, 1.807) is 0 Å². The van der Waals surface area contributed by atoms with Crippen LogP contribution in [0.1, 0.15) is 18.7 Å². The Labute approximate surface area is 73.5 Å². The van der Waals surface area contributed by atoms with Crippen LogP contribution in [0.25, 0.3) is 0 Å². The summed E-state index contributed by atoms with van der Waals surface area (Å²) in [6.45, 7) is 1.85. The first-order chi connectivity index (χ1) is 4.22. The maximum Gasteiger partial charge on any atom is 0.138 e. The molecule has 58 valence electrons. The second kappa shape index (κ2) is 3.95. The van der Waals surface area contributed by atoms with Gasteiger partial charge in [-0.1, -0.05) is 5.16 Å². The lowest BCUT2D eigenvalue weighted by Crippen LogP contribution is -2.05. The molecule has 0 aliphatic carbocycles. The summed E-state index contributed by atoms with van der Waals surface area (Å²) in [5, 5.41) is 3.67. The molecular formula is C5H8BrClN2O. The number of nitrogens with two attached hydrogens (primary N) is 1. The van der Waals surface area contributed by atoms with Gasteiger partial charge in [0.15, 0.2) is 0 Å². The quantitative estimate of drug-likeness (QED) is 0.797. The number of halogens is 2. The van der Waals surface area contributed by atoms with E-state index in [4.69, 9.17) is 5.73 Å². The Kier molecular flexibility index (Phi) is 3.93. The first kappa shape index (κ1) is 9.94. The highest BCUT2D eigenvalue weighted by Gasteiger charge is 2.07. The molecule has 1 unspecified atom stereocenters. The summed E-state index contributed by atoms with van der Waals surface area (Å²) >= 11 is 3.23. The van der Waals surface area contributed by atoms with E-state index >= 15 is 0 Å². The van der Waals surface area contributed by atoms with E-state index in [9.17, 15) is 0 Å². The van der Waals surface area contributed by atoms with Crippen LogP contribution in [0.5, 0.6) is 0 Å². The predicted octanol–water partition coefficient (Wildman–Crippen LogP) is 1.88. The molecule has 2 N–H and O–H groups in total. The molecule has 1 aromatic heterocycles. The van der Waals surface area contributed by atoms with Crippen molar-refractivity contribution in [2.75, 3.05) is 0 Å². The van der Waals surface area contributed by atoms with Crippen molar-refractivity contribution in [3.8, 4) is 0 Å². The largest absolute Gasteiger partial charge is 0.363 e. The van der Waals surface area contributed by atoms with E-state index < -0.39 is 0 Å². The number of hydrogen-bond donors (Lipinski definition) is 1. The van der Waals surface area contributed by atoms with Gasteiger partial charge in [-0.25, -0.2) is 0 Å². The van der Waals surface area contributed by atoms with Gasteiger partial charge in [0.2, 0.25) is 0 Å². The molecule has 5 heteroatoms. The third-order valence-electron chi connectivity index (χ3n) is 0.983. The Morgan fingerprint density at radius 3 is 2.60 bits per heavy atom. The van der Waals surface area contributed by atoms with Crippen molar-refractivity contribution in [2.24, 2.45) is 5.73 Å². The molecule has 3 nitrogen and oxygen atoms in total. The van der Waals surface area contributed by atoms with Crippen LogP contribution < -0.4 is 5.73 Å². The highest BCUT2D eigenvalue weighted by Crippen LogP contribution is 2.18. The average molecular weight is 227 g/mol. The Balaban J connectivity index is 0.000000810. The van der Waals surface area contributed by atoms with Crippen LogP contribution in [-0.2, 0) is 0 Å². The fourth-order valence-corrected chi connectivity index (χ4v) is 1.05. The maximum atomic E-state index is 5.51. The second-order valence-corrected chi connectivity index (χ2v) is 2.69. The van der Waals surface area contributed by atoms with Crippen LogP contribution in [0.4, 0.5) is 0 Å². The van der Waals surface area contributed by atoms with Gasteiger partial charge in [0.25, 0.3) is 0 Å². The number of rotatable bonds is 1. The summed E-state index contributed by atoms with van der Waals surface area (Å²) in [4.78, 5) is 0. The van der Waals surface area contributed by atoms with Crippen LogP contribution in [-0.4, -0.2) is 5.16 Å². The van der Waals surface area contributed by atoms with Crippen molar-refractivity contribution >= 4 is 28.3 Å². The highest BCUT2D eigenvalue weighted by atomic mass is 79.9. The van der Waals surface area contributed by atoms with Crippen molar-refractivity contribution in [1.29, 1.82) is 0 Å². The molecule has 1 rings (SSSR count). The fourth-order valence-electron chi connectivity index (χ4n) is 0.534. The van der Waals surface area contributed by atoms with Crippen LogP contribution in [0.15, 0.2) is 15.3 Å². The lowest BCUT2D eigenvalue weighted by molar-refractivity contribution is 0.407. The third-order valence-corrected chi connectivity index (χ3v) is 1.58. The van der Waals surface area contributed by atoms with Crippen LogP contribution in [0, 0.1) is 0 Å². The van der Waals surface area contributed by atoms with E-state index in [1.807, 2.05) is 6.92 Å². The van der Waals surface area contributed by atoms with Gasteiger partial charge in [0.1, 0.15) is 12.0 Å². The van der Waals surface area contributed by atoms with Gasteiger partial charge >= 0.3 is 0 Å². The third kappa shape index (κ3) is 1.97. The summed E-state index contributed by atoms with van der Waals surface area (Å²) in [6, 6.07) is -0.0712. The zero-order valence-electron chi connectivity index (χ0n) is 5.37.